The van der Waals surface area contributed by atoms with Crippen LogP contribution in [0.1, 0.15) is 28.8 Å². The Kier molecular flexibility index (Phi) is 4.17. The molecule has 0 saturated carbocycles. The Balaban J connectivity index is 1.81. The number of rotatable bonds is 3. The molecule has 0 bridgehead atoms. The van der Waals surface area contributed by atoms with Gasteiger partial charge in [0.25, 0.3) is 5.91 Å². The van der Waals surface area contributed by atoms with Gasteiger partial charge in [-0.2, -0.15) is 0 Å². The van der Waals surface area contributed by atoms with Gasteiger partial charge >= 0.3 is 0 Å². The Morgan fingerprint density at radius 2 is 1.58 bits per heavy atom. The Bertz CT molecular complexity index is 924. The third-order valence-electron chi connectivity index (χ3n) is 4.86. The molecule has 26 heavy (non-hydrogen) atoms. The minimum absolute atomic E-state index is 0.0403. The smallest absolute Gasteiger partial charge is 0.262 e. The molecule has 0 aromatic heterocycles. The number of nitrogens with zero attached hydrogens (tertiary/aromatic N) is 1. The van der Waals surface area contributed by atoms with E-state index in [2.05, 4.69) is 24.4 Å². The number of hydrogen-bond donors (Lipinski definition) is 1. The maximum absolute atomic E-state index is 13.4. The molecular weight excluding hydrogens is 327 g/mol. The van der Waals surface area contributed by atoms with E-state index in [1.54, 1.807) is 17.0 Å². The number of benzene rings is 3. The van der Waals surface area contributed by atoms with Crippen molar-refractivity contribution in [1.29, 1.82) is 0 Å². The van der Waals surface area contributed by atoms with Gasteiger partial charge in [0.2, 0.25) is 0 Å². The van der Waals surface area contributed by atoms with Gasteiger partial charge in [-0.1, -0.05) is 49.4 Å². The third-order valence-corrected chi connectivity index (χ3v) is 4.86. The molecule has 1 aliphatic rings. The lowest BCUT2D eigenvalue weighted by molar-refractivity contribution is 0.0972. The summed E-state index contributed by atoms with van der Waals surface area (Å²) in [4.78, 5) is 15.0. The largest absolute Gasteiger partial charge is 0.364 e. The molecule has 3 nitrogen and oxygen atoms in total. The maximum Gasteiger partial charge on any atom is 0.262 e. The highest BCUT2D eigenvalue weighted by Crippen LogP contribution is 2.35. The van der Waals surface area contributed by atoms with Crippen molar-refractivity contribution in [3.8, 4) is 0 Å². The van der Waals surface area contributed by atoms with E-state index in [-0.39, 0.29) is 23.8 Å². The van der Waals surface area contributed by atoms with Crippen LogP contribution in [0.5, 0.6) is 0 Å². The van der Waals surface area contributed by atoms with Gasteiger partial charge in [-0.05, 0) is 42.0 Å². The Morgan fingerprint density at radius 1 is 0.923 bits per heavy atom. The molecule has 2 atom stereocenters. The molecule has 2 unspecified atom stereocenters. The van der Waals surface area contributed by atoms with Crippen LogP contribution in [0.15, 0.2) is 78.9 Å². The Labute approximate surface area is 152 Å². The average molecular weight is 346 g/mol. The van der Waals surface area contributed by atoms with Crippen molar-refractivity contribution < 1.29 is 9.18 Å². The van der Waals surface area contributed by atoms with Gasteiger partial charge < -0.3 is 5.32 Å². The first-order chi connectivity index (χ1) is 12.6. The van der Waals surface area contributed by atoms with Crippen LogP contribution in [0, 0.1) is 5.82 Å². The van der Waals surface area contributed by atoms with E-state index in [0.717, 1.165) is 11.3 Å². The lowest BCUT2D eigenvalue weighted by atomic mass is 9.93. The molecule has 130 valence electrons. The number of hydrogen-bond acceptors (Lipinski definition) is 2. The Hall–Kier alpha value is -3.14. The average Bonchev–Trinajstić information content (AvgIpc) is 2.69. The summed E-state index contributed by atoms with van der Waals surface area (Å²) < 4.78 is 13.4. The topological polar surface area (TPSA) is 32.3 Å². The fourth-order valence-electron chi connectivity index (χ4n) is 3.44. The highest BCUT2D eigenvalue weighted by molar-refractivity contribution is 6.12. The molecule has 1 aliphatic heterocycles. The molecule has 3 aromatic carbocycles. The number of nitrogens with one attached hydrogen (secondary N) is 1. The van der Waals surface area contributed by atoms with Crippen LogP contribution >= 0.6 is 0 Å². The van der Waals surface area contributed by atoms with E-state index in [1.807, 2.05) is 42.5 Å². The first-order valence-corrected chi connectivity index (χ1v) is 8.65. The zero-order valence-electron chi connectivity index (χ0n) is 14.4. The second-order valence-electron chi connectivity index (χ2n) is 6.49. The summed E-state index contributed by atoms with van der Waals surface area (Å²) in [7, 11) is 0. The van der Waals surface area contributed by atoms with Gasteiger partial charge in [0, 0.05) is 17.3 Å². The minimum Gasteiger partial charge on any atom is -0.364 e. The van der Waals surface area contributed by atoms with Crippen LogP contribution in [0.3, 0.4) is 0 Å². The predicted molar refractivity (Wildman–Crippen MR) is 102 cm³/mol. The fraction of sp³-hybridized carbons (Fsp3) is 0.136. The van der Waals surface area contributed by atoms with E-state index in [4.69, 9.17) is 0 Å². The highest BCUT2D eigenvalue weighted by atomic mass is 19.1. The number of carbonyl (C=O) groups is 1. The summed E-state index contributed by atoms with van der Waals surface area (Å²) >= 11 is 0. The standard InChI is InChI=1S/C22H19FN2O/c1-15(16-7-3-2-4-8-16)21-24-20-10-6-5-9-19(20)22(26)25(21)18-13-11-17(23)12-14-18/h2-15,21,24H,1H3. The first-order valence-electron chi connectivity index (χ1n) is 8.65. The minimum atomic E-state index is -0.320. The molecule has 1 heterocycles. The van der Waals surface area contributed by atoms with Gasteiger partial charge in [0.15, 0.2) is 0 Å². The number of anilines is 2. The molecule has 0 fully saturated rings. The van der Waals surface area contributed by atoms with Crippen molar-refractivity contribution in [2.24, 2.45) is 0 Å². The zero-order chi connectivity index (χ0) is 18.1. The number of carbonyl (C=O) groups excluding carboxylic acids is 1. The number of fused-ring (bicyclic) bond motifs is 1. The number of amides is 1. The summed E-state index contributed by atoms with van der Waals surface area (Å²) in [6.45, 7) is 2.09. The van der Waals surface area contributed by atoms with Crippen molar-refractivity contribution in [3.63, 3.8) is 0 Å². The molecule has 0 spiro atoms. The summed E-state index contributed by atoms with van der Waals surface area (Å²) in [6, 6.07) is 23.6. The zero-order valence-corrected chi connectivity index (χ0v) is 14.4. The van der Waals surface area contributed by atoms with E-state index in [9.17, 15) is 9.18 Å². The molecule has 4 rings (SSSR count). The summed E-state index contributed by atoms with van der Waals surface area (Å²) in [5.74, 6) is -0.364. The SMILES string of the molecule is CC(c1ccccc1)C1Nc2ccccc2C(=O)N1c1ccc(F)cc1. The van der Waals surface area contributed by atoms with E-state index in [0.29, 0.717) is 11.3 Å². The van der Waals surface area contributed by atoms with Gasteiger partial charge in [-0.15, -0.1) is 0 Å². The lowest BCUT2D eigenvalue weighted by Crippen LogP contribution is -2.51. The van der Waals surface area contributed by atoms with Gasteiger partial charge in [0.1, 0.15) is 12.0 Å². The van der Waals surface area contributed by atoms with Gasteiger partial charge in [-0.3, -0.25) is 9.69 Å². The van der Waals surface area contributed by atoms with Crippen LogP contribution in [0.25, 0.3) is 0 Å². The van der Waals surface area contributed by atoms with Crippen LogP contribution in [-0.2, 0) is 0 Å². The van der Waals surface area contributed by atoms with E-state index in [1.165, 1.54) is 12.1 Å². The van der Waals surface area contributed by atoms with Crippen molar-refractivity contribution in [2.45, 2.75) is 19.0 Å². The van der Waals surface area contributed by atoms with Crippen LogP contribution in [0.4, 0.5) is 15.8 Å². The monoisotopic (exact) mass is 346 g/mol. The number of halogens is 1. The fourth-order valence-corrected chi connectivity index (χ4v) is 3.44. The van der Waals surface area contributed by atoms with Crippen molar-refractivity contribution >= 4 is 17.3 Å². The summed E-state index contributed by atoms with van der Waals surface area (Å²) in [6.07, 6.45) is -0.273. The molecule has 3 aromatic rings. The predicted octanol–water partition coefficient (Wildman–Crippen LogP) is 5.03. The van der Waals surface area contributed by atoms with Crippen LogP contribution in [0.2, 0.25) is 0 Å². The van der Waals surface area contributed by atoms with Crippen LogP contribution in [-0.4, -0.2) is 12.1 Å². The quantitative estimate of drug-likeness (QED) is 0.721. The Morgan fingerprint density at radius 3 is 2.31 bits per heavy atom. The summed E-state index contributed by atoms with van der Waals surface area (Å²) in [5.41, 5.74) is 3.24. The molecular formula is C22H19FN2O. The van der Waals surface area contributed by atoms with Crippen LogP contribution < -0.4 is 10.2 Å². The van der Waals surface area contributed by atoms with Gasteiger partial charge in [0.05, 0.1) is 5.56 Å². The van der Waals surface area contributed by atoms with E-state index < -0.39 is 0 Å². The normalized spacial score (nSPS) is 17.4. The number of para-hydroxylation sites is 1. The molecule has 0 saturated heterocycles. The van der Waals surface area contributed by atoms with Crippen molar-refractivity contribution in [1.82, 2.24) is 0 Å². The molecule has 0 aliphatic carbocycles. The van der Waals surface area contributed by atoms with E-state index >= 15 is 0 Å². The summed E-state index contributed by atoms with van der Waals surface area (Å²) in [5, 5.41) is 3.50. The highest BCUT2D eigenvalue weighted by Gasteiger charge is 2.36. The first kappa shape index (κ1) is 16.3. The molecule has 0 radical (unpaired) electrons. The second kappa shape index (κ2) is 6.64. The van der Waals surface area contributed by atoms with Crippen molar-refractivity contribution in [2.75, 3.05) is 10.2 Å². The molecule has 4 heteroatoms. The van der Waals surface area contributed by atoms with Gasteiger partial charge in [-0.25, -0.2) is 4.39 Å². The third kappa shape index (κ3) is 2.84. The lowest BCUT2D eigenvalue weighted by Gasteiger charge is -2.41. The second-order valence-corrected chi connectivity index (χ2v) is 6.49. The molecule has 1 amide bonds. The maximum atomic E-state index is 13.4. The molecule has 1 N–H and O–H groups in total. The van der Waals surface area contributed by atoms with Crippen molar-refractivity contribution in [3.05, 3.63) is 95.8 Å².